The predicted molar refractivity (Wildman–Crippen MR) is 132 cm³/mol. The summed E-state index contributed by atoms with van der Waals surface area (Å²) in [5.41, 5.74) is 2.94. The largest absolute Gasteiger partial charge is 0.493 e. The second-order valence-corrected chi connectivity index (χ2v) is 7.70. The minimum absolute atomic E-state index is 0.392. The van der Waals surface area contributed by atoms with Crippen LogP contribution in [-0.4, -0.2) is 40.0 Å². The number of nitrogens with one attached hydrogen (secondary N) is 2. The molecule has 0 bridgehead atoms. The Hall–Kier alpha value is -4.60. The van der Waals surface area contributed by atoms with E-state index in [-0.39, 0.29) is 0 Å². The van der Waals surface area contributed by atoms with Crippen LogP contribution in [0.1, 0.15) is 17.2 Å². The number of carbonyl (C=O) groups is 1. The van der Waals surface area contributed by atoms with Gasteiger partial charge in [0, 0.05) is 17.4 Å². The van der Waals surface area contributed by atoms with Gasteiger partial charge in [-0.15, -0.1) is 0 Å². The zero-order valence-electron chi connectivity index (χ0n) is 20.1. The smallest absolute Gasteiger partial charge is 0.323 e. The molecule has 2 heterocycles. The maximum Gasteiger partial charge on any atom is 0.323 e. The highest BCUT2D eigenvalue weighted by Crippen LogP contribution is 2.34. The Morgan fingerprint density at radius 1 is 0.914 bits per heavy atom. The van der Waals surface area contributed by atoms with E-state index in [1.165, 1.54) is 14.2 Å². The standard InChI is InChI=1S/C25H26N6O4/c1-15-13-16(2)31(30-15)22-14-23(27-17(3)26-22)35-19-11-9-18(10-12-19)28-25(32)29-20-7-6-8-21(33-4)24(20)34-5/h6-14H,1-5H3,(H2,28,29,32). The van der Waals surface area contributed by atoms with Gasteiger partial charge in [0.1, 0.15) is 11.6 Å². The molecule has 35 heavy (non-hydrogen) atoms. The van der Waals surface area contributed by atoms with Crippen LogP contribution in [0, 0.1) is 20.8 Å². The first-order valence-corrected chi connectivity index (χ1v) is 10.8. The van der Waals surface area contributed by atoms with Crippen molar-refractivity contribution in [3.63, 3.8) is 0 Å². The van der Waals surface area contributed by atoms with E-state index < -0.39 is 6.03 Å². The third-order valence-corrected chi connectivity index (χ3v) is 5.01. The zero-order valence-corrected chi connectivity index (χ0v) is 20.1. The molecule has 2 aromatic carbocycles. The van der Waals surface area contributed by atoms with Crippen molar-refractivity contribution < 1.29 is 19.0 Å². The second-order valence-electron chi connectivity index (χ2n) is 7.70. The Morgan fingerprint density at radius 3 is 2.34 bits per heavy atom. The topological polar surface area (TPSA) is 112 Å². The van der Waals surface area contributed by atoms with Gasteiger partial charge in [-0.05, 0) is 63.2 Å². The Labute approximate surface area is 202 Å². The summed E-state index contributed by atoms with van der Waals surface area (Å²) >= 11 is 0. The summed E-state index contributed by atoms with van der Waals surface area (Å²) in [5, 5.41) is 10.0. The van der Waals surface area contributed by atoms with Crippen LogP contribution >= 0.6 is 0 Å². The van der Waals surface area contributed by atoms with Gasteiger partial charge in [-0.2, -0.15) is 10.1 Å². The van der Waals surface area contributed by atoms with Gasteiger partial charge in [0.25, 0.3) is 0 Å². The van der Waals surface area contributed by atoms with Gasteiger partial charge in [0.05, 0.1) is 25.6 Å². The number of benzene rings is 2. The molecule has 4 rings (SSSR count). The van der Waals surface area contributed by atoms with Crippen LogP contribution in [0.15, 0.2) is 54.6 Å². The average molecular weight is 475 g/mol. The molecular formula is C25H26N6O4. The number of ether oxygens (including phenoxy) is 3. The third kappa shape index (κ3) is 5.49. The van der Waals surface area contributed by atoms with E-state index in [0.29, 0.717) is 46.1 Å². The van der Waals surface area contributed by atoms with Crippen molar-refractivity contribution in [1.29, 1.82) is 0 Å². The molecule has 180 valence electrons. The van der Waals surface area contributed by atoms with Crippen LogP contribution in [-0.2, 0) is 0 Å². The molecule has 0 unspecified atom stereocenters. The third-order valence-electron chi connectivity index (χ3n) is 5.01. The monoisotopic (exact) mass is 474 g/mol. The minimum atomic E-state index is -0.425. The maximum atomic E-state index is 12.5. The lowest BCUT2D eigenvalue weighted by Gasteiger charge is -2.14. The number of hydrogen-bond acceptors (Lipinski definition) is 7. The lowest BCUT2D eigenvalue weighted by Crippen LogP contribution is -2.19. The first-order valence-electron chi connectivity index (χ1n) is 10.8. The minimum Gasteiger partial charge on any atom is -0.493 e. The predicted octanol–water partition coefficient (Wildman–Crippen LogP) is 5.04. The lowest BCUT2D eigenvalue weighted by atomic mass is 10.2. The van der Waals surface area contributed by atoms with Crippen LogP contribution in [0.2, 0.25) is 0 Å². The number of hydrogen-bond donors (Lipinski definition) is 2. The van der Waals surface area contributed by atoms with E-state index >= 15 is 0 Å². The summed E-state index contributed by atoms with van der Waals surface area (Å²) in [5.74, 6) is 3.10. The van der Waals surface area contributed by atoms with Crippen molar-refractivity contribution in [3.8, 4) is 28.9 Å². The number of para-hydroxylation sites is 1. The number of methoxy groups -OCH3 is 2. The molecule has 10 nitrogen and oxygen atoms in total. The fourth-order valence-corrected chi connectivity index (χ4v) is 3.54. The van der Waals surface area contributed by atoms with Crippen molar-refractivity contribution in [1.82, 2.24) is 19.7 Å². The van der Waals surface area contributed by atoms with Gasteiger partial charge in [-0.1, -0.05) is 6.07 Å². The highest BCUT2D eigenvalue weighted by molar-refractivity contribution is 6.01. The van der Waals surface area contributed by atoms with Crippen molar-refractivity contribution >= 4 is 17.4 Å². The molecular weight excluding hydrogens is 448 g/mol. The molecule has 4 aromatic rings. The van der Waals surface area contributed by atoms with Gasteiger partial charge < -0.3 is 24.8 Å². The van der Waals surface area contributed by atoms with Crippen LogP contribution in [0.25, 0.3) is 5.82 Å². The first kappa shape index (κ1) is 23.6. The van der Waals surface area contributed by atoms with Gasteiger partial charge in [-0.3, -0.25) is 0 Å². The molecule has 0 aliphatic rings. The Morgan fingerprint density at radius 2 is 1.69 bits per heavy atom. The molecule has 0 spiro atoms. The molecule has 0 aliphatic carbocycles. The summed E-state index contributed by atoms with van der Waals surface area (Å²) < 4.78 is 18.3. The molecule has 2 aromatic heterocycles. The van der Waals surface area contributed by atoms with E-state index in [1.807, 2.05) is 19.9 Å². The zero-order chi connectivity index (χ0) is 24.9. The van der Waals surface area contributed by atoms with Crippen molar-refractivity contribution in [2.75, 3.05) is 24.9 Å². The molecule has 0 saturated carbocycles. The molecule has 2 N–H and O–H groups in total. The van der Waals surface area contributed by atoms with Crippen molar-refractivity contribution in [3.05, 3.63) is 71.8 Å². The number of amides is 2. The van der Waals surface area contributed by atoms with Crippen LogP contribution in [0.4, 0.5) is 16.2 Å². The van der Waals surface area contributed by atoms with Crippen LogP contribution in [0.3, 0.4) is 0 Å². The summed E-state index contributed by atoms with van der Waals surface area (Å²) in [6, 6.07) is 15.5. The van der Waals surface area contributed by atoms with E-state index in [1.54, 1.807) is 60.1 Å². The summed E-state index contributed by atoms with van der Waals surface area (Å²) in [4.78, 5) is 21.3. The van der Waals surface area contributed by atoms with E-state index in [4.69, 9.17) is 14.2 Å². The molecule has 0 saturated heterocycles. The number of urea groups is 1. The number of anilines is 2. The molecule has 0 radical (unpaired) electrons. The van der Waals surface area contributed by atoms with Crippen molar-refractivity contribution in [2.24, 2.45) is 0 Å². The van der Waals surface area contributed by atoms with Crippen LogP contribution in [0.5, 0.6) is 23.1 Å². The first-order chi connectivity index (χ1) is 16.9. The molecule has 0 fully saturated rings. The van der Waals surface area contributed by atoms with Crippen molar-refractivity contribution in [2.45, 2.75) is 20.8 Å². The number of rotatable bonds is 7. The number of aromatic nitrogens is 4. The number of nitrogens with zero attached hydrogens (tertiary/aromatic N) is 4. The van der Waals surface area contributed by atoms with Crippen LogP contribution < -0.4 is 24.8 Å². The second kappa shape index (κ2) is 10.1. The Bertz CT molecular complexity index is 1350. The van der Waals surface area contributed by atoms with Gasteiger partial charge in [-0.25, -0.2) is 14.5 Å². The molecule has 0 atom stereocenters. The average Bonchev–Trinajstić information content (AvgIpc) is 3.17. The highest BCUT2D eigenvalue weighted by atomic mass is 16.5. The quantitative estimate of drug-likeness (QED) is 0.386. The molecule has 0 aliphatic heterocycles. The SMILES string of the molecule is COc1cccc(NC(=O)Nc2ccc(Oc3cc(-n4nc(C)cc4C)nc(C)n3)cc2)c1OC. The fraction of sp³-hybridized carbons (Fsp3) is 0.200. The molecule has 2 amide bonds. The maximum absolute atomic E-state index is 12.5. The number of carbonyl (C=O) groups excluding carboxylic acids is 1. The summed E-state index contributed by atoms with van der Waals surface area (Å²) in [6.07, 6.45) is 0. The van der Waals surface area contributed by atoms with Gasteiger partial charge in [0.15, 0.2) is 17.3 Å². The highest BCUT2D eigenvalue weighted by Gasteiger charge is 2.13. The van der Waals surface area contributed by atoms with Gasteiger partial charge >= 0.3 is 6.03 Å². The summed E-state index contributed by atoms with van der Waals surface area (Å²) in [6.45, 7) is 5.69. The molecule has 10 heteroatoms. The van der Waals surface area contributed by atoms with Gasteiger partial charge in [0.2, 0.25) is 5.88 Å². The normalized spacial score (nSPS) is 10.5. The Balaban J connectivity index is 1.44. The number of aryl methyl sites for hydroxylation is 3. The van der Waals surface area contributed by atoms with E-state index in [2.05, 4.69) is 25.7 Å². The summed E-state index contributed by atoms with van der Waals surface area (Å²) in [7, 11) is 3.05. The Kier molecular flexibility index (Phi) is 6.81. The lowest BCUT2D eigenvalue weighted by molar-refractivity contribution is 0.262. The van der Waals surface area contributed by atoms with E-state index in [0.717, 1.165) is 11.4 Å². The fourth-order valence-electron chi connectivity index (χ4n) is 3.54. The van der Waals surface area contributed by atoms with E-state index in [9.17, 15) is 4.79 Å².